The maximum atomic E-state index is 12.7. The number of nitrogens with zero attached hydrogens (tertiary/aromatic N) is 3. The van der Waals surface area contributed by atoms with Gasteiger partial charge in [0.1, 0.15) is 0 Å². The number of sulfonamides is 1. The fraction of sp³-hybridized carbons (Fsp3) is 0.167. The number of anilines is 1. The molecule has 4 aromatic rings. The van der Waals surface area contributed by atoms with E-state index in [0.29, 0.717) is 30.2 Å². The summed E-state index contributed by atoms with van der Waals surface area (Å²) in [4.78, 5) is 20.7. The van der Waals surface area contributed by atoms with Crippen LogP contribution in [0.2, 0.25) is 0 Å². The highest BCUT2D eigenvalue weighted by Crippen LogP contribution is 2.19. The van der Waals surface area contributed by atoms with Gasteiger partial charge in [-0.2, -0.15) is 4.98 Å². The molecule has 0 saturated heterocycles. The summed E-state index contributed by atoms with van der Waals surface area (Å²) in [5.41, 5.74) is 2.26. The van der Waals surface area contributed by atoms with Crippen molar-refractivity contribution in [1.29, 1.82) is 0 Å². The summed E-state index contributed by atoms with van der Waals surface area (Å²) in [5.74, 6) is 0.247. The summed E-state index contributed by atoms with van der Waals surface area (Å²) >= 11 is 0. The molecular formula is C24H22N4O5S. The summed E-state index contributed by atoms with van der Waals surface area (Å²) in [5, 5.41) is 3.92. The monoisotopic (exact) mass is 478 g/mol. The molecule has 0 spiro atoms. The Morgan fingerprint density at radius 2 is 1.94 bits per heavy atom. The Morgan fingerprint density at radius 1 is 1.09 bits per heavy atom. The number of pyridine rings is 1. The van der Waals surface area contributed by atoms with Crippen LogP contribution in [0.25, 0.3) is 11.4 Å². The van der Waals surface area contributed by atoms with Crippen molar-refractivity contribution in [3.63, 3.8) is 0 Å². The molecule has 4 rings (SSSR count). The third kappa shape index (κ3) is 5.84. The second kappa shape index (κ2) is 10.3. The van der Waals surface area contributed by atoms with Gasteiger partial charge in [-0.3, -0.25) is 9.71 Å². The largest absolute Gasteiger partial charge is 0.462 e. The first-order valence-electron chi connectivity index (χ1n) is 10.5. The molecule has 0 atom stereocenters. The van der Waals surface area contributed by atoms with Crippen molar-refractivity contribution in [3.05, 3.63) is 90.1 Å². The highest BCUT2D eigenvalue weighted by Gasteiger charge is 2.17. The molecule has 0 aliphatic carbocycles. The number of rotatable bonds is 9. The molecule has 0 unspecified atom stereocenters. The molecule has 0 aliphatic rings. The average molecular weight is 479 g/mol. The Hall–Kier alpha value is -4.05. The van der Waals surface area contributed by atoms with E-state index in [4.69, 9.17) is 9.26 Å². The lowest BCUT2D eigenvalue weighted by molar-refractivity contribution is 0.0498. The Balaban J connectivity index is 1.32. The number of aromatic nitrogens is 3. The van der Waals surface area contributed by atoms with Gasteiger partial charge in [0.2, 0.25) is 11.7 Å². The van der Waals surface area contributed by atoms with Crippen LogP contribution in [-0.4, -0.2) is 36.1 Å². The van der Waals surface area contributed by atoms with Crippen LogP contribution in [0.1, 0.15) is 28.2 Å². The molecule has 34 heavy (non-hydrogen) atoms. The smallest absolute Gasteiger partial charge is 0.338 e. The van der Waals surface area contributed by atoms with Gasteiger partial charge in [0.15, 0.2) is 0 Å². The number of hydrogen-bond acceptors (Lipinski definition) is 8. The van der Waals surface area contributed by atoms with Crippen LogP contribution >= 0.6 is 0 Å². The number of nitrogens with one attached hydrogen (secondary N) is 1. The maximum Gasteiger partial charge on any atom is 0.338 e. The molecule has 9 nitrogen and oxygen atoms in total. The van der Waals surface area contributed by atoms with E-state index >= 15 is 0 Å². The van der Waals surface area contributed by atoms with Gasteiger partial charge >= 0.3 is 5.97 Å². The molecule has 0 amide bonds. The minimum atomic E-state index is -3.86. The zero-order valence-corrected chi connectivity index (χ0v) is 19.2. The van der Waals surface area contributed by atoms with E-state index in [1.54, 1.807) is 36.7 Å². The molecule has 174 valence electrons. The lowest BCUT2D eigenvalue weighted by Crippen LogP contribution is -2.14. The van der Waals surface area contributed by atoms with E-state index < -0.39 is 16.0 Å². The third-order valence-corrected chi connectivity index (χ3v) is 6.19. The minimum absolute atomic E-state index is 0.0303. The fourth-order valence-corrected chi connectivity index (χ4v) is 4.25. The Kier molecular flexibility index (Phi) is 6.98. The molecule has 1 N–H and O–H groups in total. The van der Waals surface area contributed by atoms with Crippen molar-refractivity contribution >= 4 is 21.7 Å². The van der Waals surface area contributed by atoms with E-state index in [-0.39, 0.29) is 17.1 Å². The predicted molar refractivity (Wildman–Crippen MR) is 125 cm³/mol. The number of esters is 1. The third-order valence-electron chi connectivity index (χ3n) is 4.81. The zero-order valence-electron chi connectivity index (χ0n) is 18.3. The van der Waals surface area contributed by atoms with Crippen molar-refractivity contribution in [1.82, 2.24) is 15.1 Å². The van der Waals surface area contributed by atoms with E-state index in [2.05, 4.69) is 19.8 Å². The molecule has 0 saturated carbocycles. The number of carbonyl (C=O) groups excluding carboxylic acids is 1. The van der Waals surface area contributed by atoms with E-state index in [0.717, 1.165) is 11.1 Å². The second-order valence-corrected chi connectivity index (χ2v) is 9.18. The van der Waals surface area contributed by atoms with Gasteiger partial charge in [0, 0.05) is 30.1 Å². The summed E-state index contributed by atoms with van der Waals surface area (Å²) in [6, 6.07) is 16.3. The van der Waals surface area contributed by atoms with E-state index in [9.17, 15) is 13.2 Å². The molecule has 0 radical (unpaired) electrons. The first kappa shape index (κ1) is 23.1. The lowest BCUT2D eigenvalue weighted by atomic mass is 10.2. The molecule has 0 bridgehead atoms. The van der Waals surface area contributed by atoms with Gasteiger partial charge < -0.3 is 9.26 Å². The molecule has 2 heterocycles. The Bertz CT molecular complexity index is 1390. The summed E-state index contributed by atoms with van der Waals surface area (Å²) in [7, 11) is -3.86. The van der Waals surface area contributed by atoms with Crippen molar-refractivity contribution in [2.75, 3.05) is 11.3 Å². The van der Waals surface area contributed by atoms with Crippen LogP contribution in [0.3, 0.4) is 0 Å². The van der Waals surface area contributed by atoms with Crippen LogP contribution < -0.4 is 4.72 Å². The molecule has 0 fully saturated rings. The van der Waals surface area contributed by atoms with Gasteiger partial charge in [-0.05, 0) is 61.4 Å². The summed E-state index contributed by atoms with van der Waals surface area (Å²) < 4.78 is 38.5. The van der Waals surface area contributed by atoms with Gasteiger partial charge in [-0.15, -0.1) is 0 Å². The van der Waals surface area contributed by atoms with Crippen molar-refractivity contribution in [3.8, 4) is 11.4 Å². The fourth-order valence-electron chi connectivity index (χ4n) is 3.15. The molecule has 2 aromatic heterocycles. The summed E-state index contributed by atoms with van der Waals surface area (Å²) in [6.07, 6.45) is 4.19. The normalized spacial score (nSPS) is 11.2. The molecule has 0 aliphatic heterocycles. The maximum absolute atomic E-state index is 12.7. The van der Waals surface area contributed by atoms with Crippen LogP contribution in [0.4, 0.5) is 5.69 Å². The van der Waals surface area contributed by atoms with Crippen molar-refractivity contribution < 1.29 is 22.5 Å². The average Bonchev–Trinajstić information content (AvgIpc) is 3.31. The van der Waals surface area contributed by atoms with Crippen molar-refractivity contribution in [2.45, 2.75) is 24.7 Å². The molecule has 10 heteroatoms. The highest BCUT2D eigenvalue weighted by molar-refractivity contribution is 7.92. The van der Waals surface area contributed by atoms with Crippen LogP contribution in [0.5, 0.6) is 0 Å². The topological polar surface area (TPSA) is 124 Å². The quantitative estimate of drug-likeness (QED) is 0.282. The number of ether oxygens (including phenoxy) is 1. The van der Waals surface area contributed by atoms with Gasteiger partial charge in [0.25, 0.3) is 10.0 Å². The van der Waals surface area contributed by atoms with E-state index in [1.807, 2.05) is 19.1 Å². The second-order valence-electron chi connectivity index (χ2n) is 7.50. The number of benzene rings is 2. The van der Waals surface area contributed by atoms with Gasteiger partial charge in [-0.25, -0.2) is 13.2 Å². The first-order chi connectivity index (χ1) is 16.4. The Morgan fingerprint density at radius 3 is 2.74 bits per heavy atom. The van der Waals surface area contributed by atoms with Gasteiger partial charge in [0.05, 0.1) is 17.1 Å². The van der Waals surface area contributed by atoms with Crippen LogP contribution in [0, 0.1) is 6.92 Å². The number of aryl methyl sites for hydroxylation is 2. The van der Waals surface area contributed by atoms with Crippen LogP contribution in [-0.2, 0) is 21.2 Å². The number of hydrogen-bond donors (Lipinski definition) is 1. The lowest BCUT2D eigenvalue weighted by Gasteiger charge is -2.10. The van der Waals surface area contributed by atoms with Gasteiger partial charge in [-0.1, -0.05) is 23.4 Å². The zero-order chi connectivity index (χ0) is 24.0. The van der Waals surface area contributed by atoms with Crippen molar-refractivity contribution in [2.24, 2.45) is 0 Å². The standard InChI is InChI=1S/C24H22N4O5S/c1-17-6-2-9-20(14-17)28-34(30,31)21-10-3-7-18(15-21)24(29)32-13-5-11-22-26-23(27-33-22)19-8-4-12-25-16-19/h2-4,6-10,12,14-16,28H,5,11,13H2,1H3. The molecular weight excluding hydrogens is 456 g/mol. The number of carbonyl (C=O) groups is 1. The first-order valence-corrected chi connectivity index (χ1v) is 12.0. The highest BCUT2D eigenvalue weighted by atomic mass is 32.2. The minimum Gasteiger partial charge on any atom is -0.462 e. The summed E-state index contributed by atoms with van der Waals surface area (Å²) in [6.45, 7) is 1.98. The van der Waals surface area contributed by atoms with Crippen LogP contribution in [0.15, 0.2) is 82.5 Å². The SMILES string of the molecule is Cc1cccc(NS(=O)(=O)c2cccc(C(=O)OCCCc3nc(-c4cccnc4)no3)c2)c1. The molecule has 2 aromatic carbocycles. The van der Waals surface area contributed by atoms with E-state index in [1.165, 1.54) is 24.3 Å². The Labute approximate surface area is 196 Å². The predicted octanol–water partition coefficient (Wildman–Crippen LogP) is 4.03.